The molecular weight excluding hydrogens is 495 g/mol. The number of hydrogen-bond donors (Lipinski definition) is 1. The Kier molecular flexibility index (Phi) is 9.67. The van der Waals surface area contributed by atoms with E-state index in [0.717, 1.165) is 64.0 Å². The van der Waals surface area contributed by atoms with Crippen molar-refractivity contribution in [2.24, 2.45) is 0 Å². The zero-order valence-corrected chi connectivity index (χ0v) is 22.8. The number of anilines is 1. The summed E-state index contributed by atoms with van der Waals surface area (Å²) >= 11 is 0. The van der Waals surface area contributed by atoms with Crippen LogP contribution in [0.4, 0.5) is 10.1 Å². The summed E-state index contributed by atoms with van der Waals surface area (Å²) in [6.45, 7) is 3.19. The minimum absolute atomic E-state index is 0.0731. The number of nitrogens with zero attached hydrogens (tertiary/aromatic N) is 3. The topological polar surface area (TPSA) is 90.0 Å². The van der Waals surface area contributed by atoms with Gasteiger partial charge in [-0.25, -0.2) is 8.70 Å². The molecule has 1 atom stereocenters. The van der Waals surface area contributed by atoms with Gasteiger partial charge in [0.2, 0.25) is 11.8 Å². The number of benzene rings is 2. The van der Waals surface area contributed by atoms with Crippen LogP contribution in [-0.2, 0) is 26.3 Å². The Labute approximate surface area is 219 Å². The summed E-state index contributed by atoms with van der Waals surface area (Å²) in [7, 11) is -1.36. The van der Waals surface area contributed by atoms with Gasteiger partial charge in [-0.15, -0.1) is 0 Å². The molecule has 2 amide bonds. The van der Waals surface area contributed by atoms with Crippen molar-refractivity contribution in [2.45, 2.75) is 64.6 Å². The predicted molar refractivity (Wildman–Crippen MR) is 143 cm³/mol. The smallest absolute Gasteiger partial charge is 0.304 e. The van der Waals surface area contributed by atoms with Crippen molar-refractivity contribution >= 4 is 27.7 Å². The third-order valence-corrected chi connectivity index (χ3v) is 8.67. The molecule has 0 bridgehead atoms. The van der Waals surface area contributed by atoms with E-state index < -0.39 is 34.5 Å². The van der Waals surface area contributed by atoms with Crippen molar-refractivity contribution in [2.75, 3.05) is 24.9 Å². The Balaban J connectivity index is 1.92. The standard InChI is InChI=1S/C27H37FN4O4S/c1-20-10-8-9-11-22(20)18-31(21(2)27(34)29-24-12-6-5-7-13-24)26(33)19-32(37(35,36)30(3)4)25-16-14-23(28)15-17-25/h8-11,14-17,21,24H,5-7,12-13,18-19H2,1-4H3,(H,29,34)/t21-/m1/s1. The molecule has 0 spiro atoms. The van der Waals surface area contributed by atoms with Crippen LogP contribution in [0.15, 0.2) is 48.5 Å². The molecule has 0 heterocycles. The predicted octanol–water partition coefficient (Wildman–Crippen LogP) is 3.61. The fourth-order valence-corrected chi connectivity index (χ4v) is 5.50. The molecule has 1 aliphatic carbocycles. The molecule has 0 radical (unpaired) electrons. The summed E-state index contributed by atoms with van der Waals surface area (Å²) in [5.74, 6) is -1.33. The number of nitrogens with one attached hydrogen (secondary N) is 1. The fourth-order valence-electron chi connectivity index (χ4n) is 4.45. The van der Waals surface area contributed by atoms with Gasteiger partial charge in [-0.3, -0.25) is 9.59 Å². The van der Waals surface area contributed by atoms with Gasteiger partial charge >= 0.3 is 10.2 Å². The number of amides is 2. The molecule has 0 aliphatic heterocycles. The molecule has 8 nitrogen and oxygen atoms in total. The van der Waals surface area contributed by atoms with Gasteiger partial charge in [0.1, 0.15) is 18.4 Å². The van der Waals surface area contributed by atoms with Crippen molar-refractivity contribution in [3.63, 3.8) is 0 Å². The lowest BCUT2D eigenvalue weighted by Gasteiger charge is -2.34. The maximum atomic E-state index is 13.8. The van der Waals surface area contributed by atoms with E-state index in [1.54, 1.807) is 6.92 Å². The molecule has 1 aliphatic rings. The molecule has 1 fully saturated rings. The average Bonchev–Trinajstić information content (AvgIpc) is 2.87. The zero-order valence-electron chi connectivity index (χ0n) is 22.0. The van der Waals surface area contributed by atoms with Gasteiger partial charge in [-0.2, -0.15) is 12.7 Å². The Morgan fingerprint density at radius 3 is 2.24 bits per heavy atom. The van der Waals surface area contributed by atoms with E-state index >= 15 is 0 Å². The SMILES string of the molecule is Cc1ccccc1CN(C(=O)CN(c1ccc(F)cc1)S(=O)(=O)N(C)C)[C@H](C)C(=O)NC1CCCCC1. The molecular formula is C27H37FN4O4S. The number of carbonyl (C=O) groups excluding carboxylic acids is 2. The van der Waals surface area contributed by atoms with E-state index in [1.807, 2.05) is 31.2 Å². The Morgan fingerprint density at radius 2 is 1.65 bits per heavy atom. The first-order valence-corrected chi connectivity index (χ1v) is 14.0. The molecule has 0 unspecified atom stereocenters. The fraction of sp³-hybridized carbons (Fsp3) is 0.481. The summed E-state index contributed by atoms with van der Waals surface area (Å²) in [5, 5.41) is 3.08. The summed E-state index contributed by atoms with van der Waals surface area (Å²) < 4.78 is 41.8. The van der Waals surface area contributed by atoms with Crippen molar-refractivity contribution < 1.29 is 22.4 Å². The van der Waals surface area contributed by atoms with Crippen molar-refractivity contribution in [3.8, 4) is 0 Å². The van der Waals surface area contributed by atoms with Crippen LogP contribution in [0.1, 0.15) is 50.2 Å². The molecule has 3 rings (SSSR count). The van der Waals surface area contributed by atoms with Crippen LogP contribution in [0.3, 0.4) is 0 Å². The molecule has 2 aromatic rings. The van der Waals surface area contributed by atoms with E-state index in [2.05, 4.69) is 5.32 Å². The van der Waals surface area contributed by atoms with E-state index in [0.29, 0.717) is 0 Å². The summed E-state index contributed by atoms with van der Waals surface area (Å²) in [4.78, 5) is 28.4. The third-order valence-electron chi connectivity index (χ3n) is 6.85. The minimum Gasteiger partial charge on any atom is -0.352 e. The van der Waals surface area contributed by atoms with Crippen LogP contribution >= 0.6 is 0 Å². The highest BCUT2D eigenvalue weighted by Crippen LogP contribution is 2.22. The molecule has 0 saturated heterocycles. The first-order chi connectivity index (χ1) is 17.5. The third kappa shape index (κ3) is 7.29. The Bertz CT molecular complexity index is 1180. The molecule has 1 N–H and O–H groups in total. The van der Waals surface area contributed by atoms with Crippen LogP contribution in [-0.4, -0.2) is 62.2 Å². The summed E-state index contributed by atoms with van der Waals surface area (Å²) in [6.07, 6.45) is 5.08. The average molecular weight is 533 g/mol. The molecule has 2 aromatic carbocycles. The lowest BCUT2D eigenvalue weighted by molar-refractivity contribution is -0.139. The quantitative estimate of drug-likeness (QED) is 0.506. The Hall–Kier alpha value is -2.98. The summed E-state index contributed by atoms with van der Waals surface area (Å²) in [5.41, 5.74) is 1.96. The van der Waals surface area contributed by atoms with E-state index in [1.165, 1.54) is 31.1 Å². The number of carbonyl (C=O) groups is 2. The lowest BCUT2D eigenvalue weighted by Crippen LogP contribution is -2.53. The second kappa shape index (κ2) is 12.5. The largest absolute Gasteiger partial charge is 0.352 e. The van der Waals surface area contributed by atoms with E-state index in [4.69, 9.17) is 0 Å². The molecule has 1 saturated carbocycles. The first-order valence-electron chi connectivity index (χ1n) is 12.6. The normalized spacial score (nSPS) is 15.3. The van der Waals surface area contributed by atoms with Gasteiger partial charge in [0.15, 0.2) is 0 Å². The first kappa shape index (κ1) is 28.6. The lowest BCUT2D eigenvalue weighted by atomic mass is 9.95. The number of rotatable bonds is 10. The summed E-state index contributed by atoms with van der Waals surface area (Å²) in [6, 6.07) is 11.7. The zero-order chi connectivity index (χ0) is 27.2. The van der Waals surface area contributed by atoms with Crippen LogP contribution < -0.4 is 9.62 Å². The molecule has 10 heteroatoms. The van der Waals surface area contributed by atoms with E-state index in [-0.39, 0.29) is 24.2 Å². The maximum absolute atomic E-state index is 13.8. The maximum Gasteiger partial charge on any atom is 0.304 e. The molecule has 37 heavy (non-hydrogen) atoms. The molecule has 0 aromatic heterocycles. The Morgan fingerprint density at radius 1 is 1.03 bits per heavy atom. The van der Waals surface area contributed by atoms with Crippen LogP contribution in [0.25, 0.3) is 0 Å². The van der Waals surface area contributed by atoms with Crippen LogP contribution in [0.5, 0.6) is 0 Å². The van der Waals surface area contributed by atoms with Crippen molar-refractivity contribution in [1.29, 1.82) is 0 Å². The van der Waals surface area contributed by atoms with Gasteiger partial charge in [0, 0.05) is 26.7 Å². The number of aryl methyl sites for hydroxylation is 1. The number of hydrogen-bond acceptors (Lipinski definition) is 4. The van der Waals surface area contributed by atoms with Gasteiger partial charge < -0.3 is 10.2 Å². The minimum atomic E-state index is -4.09. The van der Waals surface area contributed by atoms with Crippen molar-refractivity contribution in [1.82, 2.24) is 14.5 Å². The van der Waals surface area contributed by atoms with Crippen LogP contribution in [0.2, 0.25) is 0 Å². The monoisotopic (exact) mass is 532 g/mol. The highest BCUT2D eigenvalue weighted by molar-refractivity contribution is 7.90. The van der Waals surface area contributed by atoms with Crippen LogP contribution in [0, 0.1) is 12.7 Å². The van der Waals surface area contributed by atoms with E-state index in [9.17, 15) is 22.4 Å². The van der Waals surface area contributed by atoms with Gasteiger partial charge in [0.05, 0.1) is 5.69 Å². The highest BCUT2D eigenvalue weighted by Gasteiger charge is 2.33. The molecule has 202 valence electrons. The van der Waals surface area contributed by atoms with Gasteiger partial charge in [-0.05, 0) is 62.1 Å². The van der Waals surface area contributed by atoms with Crippen molar-refractivity contribution in [3.05, 3.63) is 65.5 Å². The number of halogens is 1. The second-order valence-electron chi connectivity index (χ2n) is 9.74. The van der Waals surface area contributed by atoms with Gasteiger partial charge in [-0.1, -0.05) is 43.5 Å². The van der Waals surface area contributed by atoms with Gasteiger partial charge in [0.25, 0.3) is 0 Å². The highest BCUT2D eigenvalue weighted by atomic mass is 32.2. The second-order valence-corrected chi connectivity index (χ2v) is 11.8.